The van der Waals surface area contributed by atoms with Gasteiger partial charge in [-0.2, -0.15) is 0 Å². The molecule has 0 aliphatic carbocycles. The molecular formula is C12H16OS. The molecule has 0 saturated carbocycles. The molecule has 0 fully saturated rings. The summed E-state index contributed by atoms with van der Waals surface area (Å²) in [5.41, 5.74) is 1.05. The number of carbonyl (C=O) groups excluding carboxylic acids is 1. The van der Waals surface area contributed by atoms with Crippen LogP contribution in [-0.4, -0.2) is 6.29 Å². The lowest BCUT2D eigenvalue weighted by molar-refractivity contribution is -0.109. The molecule has 0 aliphatic heterocycles. The van der Waals surface area contributed by atoms with E-state index in [0.29, 0.717) is 0 Å². The number of hydrogen-bond acceptors (Lipinski definition) is 2. The molecule has 0 N–H and O–H groups in total. The Bertz CT molecular complexity index is 296. The van der Waals surface area contributed by atoms with Crippen molar-refractivity contribution in [2.75, 3.05) is 0 Å². The summed E-state index contributed by atoms with van der Waals surface area (Å²) in [6.45, 7) is 2.13. The molecule has 1 unspecified atom stereocenters. The van der Waals surface area contributed by atoms with Crippen LogP contribution in [0, 0.1) is 0 Å². The van der Waals surface area contributed by atoms with Crippen LogP contribution >= 0.6 is 12.6 Å². The number of unbranched alkanes of at least 4 members (excludes halogenated alkanes) is 1. The zero-order valence-corrected chi connectivity index (χ0v) is 9.34. The largest absolute Gasteiger partial charge is 0.303 e. The standard InChI is InChI=1S/C12H16OS/c1-2-3-6-10(9-13)11-7-4-5-8-12(11)14/h4-5,7-10,14H,2-3,6H2,1H3. The van der Waals surface area contributed by atoms with Gasteiger partial charge in [0, 0.05) is 10.8 Å². The molecule has 1 atom stereocenters. The minimum Gasteiger partial charge on any atom is -0.303 e. The Morgan fingerprint density at radius 1 is 1.43 bits per heavy atom. The van der Waals surface area contributed by atoms with Gasteiger partial charge in [-0.1, -0.05) is 38.0 Å². The van der Waals surface area contributed by atoms with Gasteiger partial charge in [0.25, 0.3) is 0 Å². The summed E-state index contributed by atoms with van der Waals surface area (Å²) in [5.74, 6) is 0.0173. The Kier molecular flexibility index (Phi) is 4.74. The second kappa shape index (κ2) is 5.86. The van der Waals surface area contributed by atoms with Crippen LogP contribution in [0.5, 0.6) is 0 Å². The summed E-state index contributed by atoms with van der Waals surface area (Å²) in [7, 11) is 0. The first-order valence-corrected chi connectivity index (χ1v) is 5.47. The number of rotatable bonds is 5. The summed E-state index contributed by atoms with van der Waals surface area (Å²) in [6, 6.07) is 7.81. The van der Waals surface area contributed by atoms with E-state index in [1.54, 1.807) is 0 Å². The summed E-state index contributed by atoms with van der Waals surface area (Å²) in [5, 5.41) is 0. The molecule has 0 aromatic heterocycles. The molecular weight excluding hydrogens is 192 g/mol. The van der Waals surface area contributed by atoms with Gasteiger partial charge in [0.1, 0.15) is 6.29 Å². The van der Waals surface area contributed by atoms with Crippen molar-refractivity contribution in [2.45, 2.75) is 37.0 Å². The van der Waals surface area contributed by atoms with Crippen molar-refractivity contribution in [3.63, 3.8) is 0 Å². The number of thiol groups is 1. The Hall–Kier alpha value is -0.760. The maximum absolute atomic E-state index is 10.9. The molecule has 0 saturated heterocycles. The third-order valence-electron chi connectivity index (χ3n) is 2.37. The Morgan fingerprint density at radius 2 is 2.14 bits per heavy atom. The molecule has 0 amide bonds. The average Bonchev–Trinajstić information content (AvgIpc) is 2.21. The molecule has 1 aromatic rings. The van der Waals surface area contributed by atoms with Crippen molar-refractivity contribution < 1.29 is 4.79 Å². The highest BCUT2D eigenvalue weighted by atomic mass is 32.1. The molecule has 1 nitrogen and oxygen atoms in total. The second-order valence-corrected chi connectivity index (χ2v) is 3.93. The van der Waals surface area contributed by atoms with E-state index in [2.05, 4.69) is 19.6 Å². The van der Waals surface area contributed by atoms with Crippen LogP contribution in [0.1, 0.15) is 37.7 Å². The second-order valence-electron chi connectivity index (χ2n) is 3.44. The van der Waals surface area contributed by atoms with E-state index in [4.69, 9.17) is 0 Å². The molecule has 0 spiro atoms. The molecule has 1 rings (SSSR count). The fourth-order valence-corrected chi connectivity index (χ4v) is 1.85. The minimum atomic E-state index is 0.0173. The van der Waals surface area contributed by atoms with Gasteiger partial charge in [0.05, 0.1) is 0 Å². The highest BCUT2D eigenvalue weighted by molar-refractivity contribution is 7.80. The van der Waals surface area contributed by atoms with Crippen molar-refractivity contribution in [1.82, 2.24) is 0 Å². The van der Waals surface area contributed by atoms with Crippen LogP contribution in [0.2, 0.25) is 0 Å². The molecule has 0 radical (unpaired) electrons. The summed E-state index contributed by atoms with van der Waals surface area (Å²) in [4.78, 5) is 11.8. The van der Waals surface area contributed by atoms with Crippen molar-refractivity contribution in [3.8, 4) is 0 Å². The Morgan fingerprint density at radius 3 is 2.71 bits per heavy atom. The Labute approximate surface area is 90.9 Å². The van der Waals surface area contributed by atoms with Gasteiger partial charge in [-0.3, -0.25) is 0 Å². The van der Waals surface area contributed by atoms with Crippen LogP contribution in [-0.2, 0) is 4.79 Å². The monoisotopic (exact) mass is 208 g/mol. The lowest BCUT2D eigenvalue weighted by Gasteiger charge is -2.11. The lowest BCUT2D eigenvalue weighted by atomic mass is 9.95. The zero-order chi connectivity index (χ0) is 10.4. The van der Waals surface area contributed by atoms with Crippen LogP contribution in [0.15, 0.2) is 29.2 Å². The first-order chi connectivity index (χ1) is 6.79. The Balaban J connectivity index is 2.78. The van der Waals surface area contributed by atoms with Crippen LogP contribution in [0.3, 0.4) is 0 Å². The van der Waals surface area contributed by atoms with Crippen LogP contribution in [0.25, 0.3) is 0 Å². The van der Waals surface area contributed by atoms with Gasteiger partial charge in [0.15, 0.2) is 0 Å². The number of hydrogen-bond donors (Lipinski definition) is 1. The van der Waals surface area contributed by atoms with E-state index >= 15 is 0 Å². The molecule has 2 heteroatoms. The molecule has 76 valence electrons. The molecule has 0 heterocycles. The maximum atomic E-state index is 10.9. The quantitative estimate of drug-likeness (QED) is 0.579. The first kappa shape index (κ1) is 11.3. The minimum absolute atomic E-state index is 0.0173. The van der Waals surface area contributed by atoms with E-state index in [1.807, 2.05) is 24.3 Å². The third kappa shape index (κ3) is 2.88. The van der Waals surface area contributed by atoms with Gasteiger partial charge in [-0.15, -0.1) is 12.6 Å². The summed E-state index contributed by atoms with van der Waals surface area (Å²) < 4.78 is 0. The normalized spacial score (nSPS) is 12.4. The molecule has 14 heavy (non-hydrogen) atoms. The average molecular weight is 208 g/mol. The number of aldehydes is 1. The van der Waals surface area contributed by atoms with Crippen LogP contribution in [0.4, 0.5) is 0 Å². The van der Waals surface area contributed by atoms with Gasteiger partial charge >= 0.3 is 0 Å². The molecule has 1 aromatic carbocycles. The van der Waals surface area contributed by atoms with Crippen molar-refractivity contribution in [2.24, 2.45) is 0 Å². The van der Waals surface area contributed by atoms with Crippen LogP contribution < -0.4 is 0 Å². The fourth-order valence-electron chi connectivity index (χ4n) is 1.52. The van der Waals surface area contributed by atoms with E-state index in [1.165, 1.54) is 0 Å². The van der Waals surface area contributed by atoms with E-state index in [9.17, 15) is 4.79 Å². The fraction of sp³-hybridized carbons (Fsp3) is 0.417. The van der Waals surface area contributed by atoms with E-state index in [-0.39, 0.29) is 5.92 Å². The highest BCUT2D eigenvalue weighted by Gasteiger charge is 2.11. The highest BCUT2D eigenvalue weighted by Crippen LogP contribution is 2.25. The SMILES string of the molecule is CCCCC(C=O)c1ccccc1S. The number of benzene rings is 1. The van der Waals surface area contributed by atoms with Gasteiger partial charge in [-0.05, 0) is 18.1 Å². The van der Waals surface area contributed by atoms with E-state index in [0.717, 1.165) is 36.0 Å². The molecule has 0 aliphatic rings. The smallest absolute Gasteiger partial charge is 0.127 e. The van der Waals surface area contributed by atoms with Gasteiger partial charge < -0.3 is 4.79 Å². The number of carbonyl (C=O) groups is 1. The predicted molar refractivity (Wildman–Crippen MR) is 62.0 cm³/mol. The summed E-state index contributed by atoms with van der Waals surface area (Å²) in [6.07, 6.45) is 4.17. The van der Waals surface area contributed by atoms with Crippen molar-refractivity contribution in [3.05, 3.63) is 29.8 Å². The van der Waals surface area contributed by atoms with Crippen molar-refractivity contribution >= 4 is 18.9 Å². The van der Waals surface area contributed by atoms with E-state index < -0.39 is 0 Å². The molecule has 0 bridgehead atoms. The van der Waals surface area contributed by atoms with Gasteiger partial charge in [0.2, 0.25) is 0 Å². The topological polar surface area (TPSA) is 17.1 Å². The predicted octanol–water partition coefficient (Wildman–Crippen LogP) is 3.45. The van der Waals surface area contributed by atoms with Crippen molar-refractivity contribution in [1.29, 1.82) is 0 Å². The maximum Gasteiger partial charge on any atom is 0.127 e. The van der Waals surface area contributed by atoms with Gasteiger partial charge in [-0.25, -0.2) is 0 Å². The summed E-state index contributed by atoms with van der Waals surface area (Å²) >= 11 is 4.35. The lowest BCUT2D eigenvalue weighted by Crippen LogP contribution is -2.01. The third-order valence-corrected chi connectivity index (χ3v) is 2.78. The first-order valence-electron chi connectivity index (χ1n) is 5.02. The zero-order valence-electron chi connectivity index (χ0n) is 8.44.